The second-order valence-electron chi connectivity index (χ2n) is 7.12. The Morgan fingerprint density at radius 3 is 2.43 bits per heavy atom. The molecule has 0 spiro atoms. The third-order valence-electron chi connectivity index (χ3n) is 5.21. The van der Waals surface area contributed by atoms with Crippen LogP contribution in [0.4, 0.5) is 10.1 Å². The molecule has 3 aromatic carbocycles. The van der Waals surface area contributed by atoms with Crippen LogP contribution in [0.2, 0.25) is 5.02 Å². The molecule has 0 amide bonds. The quantitative estimate of drug-likeness (QED) is 0.652. The predicted molar refractivity (Wildman–Crippen MR) is 111 cm³/mol. The highest BCUT2D eigenvalue weighted by atomic mass is 35.5. The van der Waals surface area contributed by atoms with E-state index in [-0.39, 0.29) is 11.8 Å². The second-order valence-corrected chi connectivity index (χ2v) is 7.55. The van der Waals surface area contributed by atoms with Gasteiger partial charge >= 0.3 is 0 Å². The van der Waals surface area contributed by atoms with Crippen LogP contribution in [0.5, 0.6) is 5.75 Å². The molecule has 5 heteroatoms. The van der Waals surface area contributed by atoms with Crippen LogP contribution in [0, 0.1) is 5.82 Å². The molecule has 28 heavy (non-hydrogen) atoms. The maximum absolute atomic E-state index is 14.6. The van der Waals surface area contributed by atoms with Crippen molar-refractivity contribution in [2.24, 2.45) is 0 Å². The Kier molecular flexibility index (Phi) is 5.51. The molecule has 0 aromatic heterocycles. The zero-order valence-electron chi connectivity index (χ0n) is 15.4. The minimum atomic E-state index is -0.407. The van der Waals surface area contributed by atoms with Gasteiger partial charge in [-0.3, -0.25) is 4.90 Å². The van der Waals surface area contributed by atoms with Crippen LogP contribution in [0.15, 0.2) is 72.8 Å². The van der Waals surface area contributed by atoms with Crippen LogP contribution in [-0.2, 0) is 6.54 Å². The maximum Gasteiger partial charge on any atom is 0.150 e. The molecule has 1 saturated heterocycles. The Morgan fingerprint density at radius 2 is 1.71 bits per heavy atom. The smallest absolute Gasteiger partial charge is 0.150 e. The third-order valence-corrected chi connectivity index (χ3v) is 5.46. The van der Waals surface area contributed by atoms with E-state index >= 15 is 0 Å². The fraction of sp³-hybridized carbons (Fsp3) is 0.217. The van der Waals surface area contributed by atoms with E-state index in [0.29, 0.717) is 17.3 Å². The molecule has 0 unspecified atom stereocenters. The lowest BCUT2D eigenvalue weighted by molar-refractivity contribution is 0.215. The number of rotatable bonds is 4. The van der Waals surface area contributed by atoms with Gasteiger partial charge in [0.2, 0.25) is 0 Å². The van der Waals surface area contributed by atoms with Crippen molar-refractivity contribution in [3.05, 3.63) is 94.8 Å². The molecule has 4 rings (SSSR count). The first kappa shape index (κ1) is 18.8. The van der Waals surface area contributed by atoms with E-state index < -0.39 is 5.82 Å². The summed E-state index contributed by atoms with van der Waals surface area (Å²) in [6.07, 6.45) is 0. The van der Waals surface area contributed by atoms with E-state index in [0.717, 1.165) is 25.2 Å². The number of phenols is 1. The molecular weight excluding hydrogens is 375 g/mol. The van der Waals surface area contributed by atoms with Crippen LogP contribution in [0.3, 0.4) is 0 Å². The minimum Gasteiger partial charge on any atom is -0.508 e. The molecule has 1 N–H and O–H groups in total. The lowest BCUT2D eigenvalue weighted by Crippen LogP contribution is -2.48. The largest absolute Gasteiger partial charge is 0.508 e. The van der Waals surface area contributed by atoms with Gasteiger partial charge in [-0.25, -0.2) is 4.39 Å². The van der Waals surface area contributed by atoms with Crippen molar-refractivity contribution < 1.29 is 9.50 Å². The van der Waals surface area contributed by atoms with E-state index in [2.05, 4.69) is 21.9 Å². The van der Waals surface area contributed by atoms with Gasteiger partial charge in [-0.15, -0.1) is 0 Å². The molecule has 1 aliphatic heterocycles. The van der Waals surface area contributed by atoms with Crippen LogP contribution >= 0.6 is 11.6 Å². The molecule has 1 fully saturated rings. The topological polar surface area (TPSA) is 26.7 Å². The fourth-order valence-electron chi connectivity index (χ4n) is 3.81. The van der Waals surface area contributed by atoms with Gasteiger partial charge in [0.1, 0.15) is 11.6 Å². The molecule has 1 atom stereocenters. The van der Waals surface area contributed by atoms with Crippen molar-refractivity contribution in [2.45, 2.75) is 12.6 Å². The summed E-state index contributed by atoms with van der Waals surface area (Å²) in [6, 6.07) is 22.5. The second kappa shape index (κ2) is 8.21. The SMILES string of the molecule is Oc1ccc(N2CCN(Cc3ccccc3)C[C@H]2c2ccc(Cl)cc2)c(F)c1. The highest BCUT2D eigenvalue weighted by Crippen LogP contribution is 2.34. The molecular formula is C23H22ClFN2O. The molecule has 3 nitrogen and oxygen atoms in total. The normalized spacial score (nSPS) is 17.6. The molecule has 0 aliphatic carbocycles. The van der Waals surface area contributed by atoms with Crippen LogP contribution in [0.25, 0.3) is 0 Å². The van der Waals surface area contributed by atoms with Crippen molar-refractivity contribution in [2.75, 3.05) is 24.5 Å². The maximum atomic E-state index is 14.6. The highest BCUT2D eigenvalue weighted by molar-refractivity contribution is 6.30. The first-order valence-corrected chi connectivity index (χ1v) is 9.75. The van der Waals surface area contributed by atoms with Crippen molar-refractivity contribution >= 4 is 17.3 Å². The number of halogens is 2. The Labute approximate surface area is 169 Å². The van der Waals surface area contributed by atoms with Crippen molar-refractivity contribution in [3.8, 4) is 5.75 Å². The van der Waals surface area contributed by atoms with Crippen molar-refractivity contribution in [1.82, 2.24) is 4.90 Å². The van der Waals surface area contributed by atoms with E-state index in [1.54, 1.807) is 6.07 Å². The molecule has 0 saturated carbocycles. The summed E-state index contributed by atoms with van der Waals surface area (Å²) in [6.45, 7) is 3.16. The number of hydrogen-bond acceptors (Lipinski definition) is 3. The molecule has 144 valence electrons. The standard InChI is InChI=1S/C23H22ClFN2O/c24-19-8-6-18(7-9-19)23-16-26(15-17-4-2-1-3-5-17)12-13-27(23)22-11-10-20(28)14-21(22)25/h1-11,14,23,28H,12-13,15-16H2/t23-/m0/s1. The zero-order valence-corrected chi connectivity index (χ0v) is 16.2. The zero-order chi connectivity index (χ0) is 19.5. The first-order valence-electron chi connectivity index (χ1n) is 9.37. The van der Waals surface area contributed by atoms with Crippen LogP contribution < -0.4 is 4.90 Å². The average molecular weight is 397 g/mol. The van der Waals surface area contributed by atoms with Gasteiger partial charge < -0.3 is 10.0 Å². The van der Waals surface area contributed by atoms with Gasteiger partial charge in [0, 0.05) is 37.3 Å². The number of aromatic hydroxyl groups is 1. The predicted octanol–water partition coefficient (Wildman–Crippen LogP) is 5.25. The summed E-state index contributed by atoms with van der Waals surface area (Å²) in [7, 11) is 0. The molecule has 0 bridgehead atoms. The van der Waals surface area contributed by atoms with Gasteiger partial charge in [-0.05, 0) is 35.4 Å². The van der Waals surface area contributed by atoms with Gasteiger partial charge in [0.05, 0.1) is 11.7 Å². The van der Waals surface area contributed by atoms with E-state index in [4.69, 9.17) is 11.6 Å². The summed E-state index contributed by atoms with van der Waals surface area (Å²) >= 11 is 6.07. The molecule has 1 heterocycles. The lowest BCUT2D eigenvalue weighted by atomic mass is 10.0. The monoisotopic (exact) mass is 396 g/mol. The summed E-state index contributed by atoms with van der Waals surface area (Å²) in [4.78, 5) is 4.48. The van der Waals surface area contributed by atoms with Gasteiger partial charge in [0.15, 0.2) is 0 Å². The Balaban J connectivity index is 1.63. The van der Waals surface area contributed by atoms with Gasteiger partial charge in [-0.1, -0.05) is 54.1 Å². The van der Waals surface area contributed by atoms with Gasteiger partial charge in [-0.2, -0.15) is 0 Å². The number of nitrogens with zero attached hydrogens (tertiary/aromatic N) is 2. The van der Waals surface area contributed by atoms with Gasteiger partial charge in [0.25, 0.3) is 0 Å². The number of phenolic OH excluding ortho intramolecular Hbond substituents is 1. The summed E-state index contributed by atoms with van der Waals surface area (Å²) in [5.74, 6) is -0.470. The van der Waals surface area contributed by atoms with Crippen molar-refractivity contribution in [3.63, 3.8) is 0 Å². The molecule has 3 aromatic rings. The Bertz CT molecular complexity index is 933. The number of anilines is 1. The van der Waals surface area contributed by atoms with Crippen molar-refractivity contribution in [1.29, 1.82) is 0 Å². The van der Waals surface area contributed by atoms with Crippen LogP contribution in [0.1, 0.15) is 17.2 Å². The number of piperazine rings is 1. The molecule has 0 radical (unpaired) electrons. The van der Waals surface area contributed by atoms with E-state index in [1.165, 1.54) is 17.7 Å². The summed E-state index contributed by atoms with van der Waals surface area (Å²) in [5.41, 5.74) is 2.87. The number of benzene rings is 3. The third kappa shape index (κ3) is 4.13. The molecule has 1 aliphatic rings. The lowest BCUT2D eigenvalue weighted by Gasteiger charge is -2.43. The average Bonchev–Trinajstić information content (AvgIpc) is 2.70. The fourth-order valence-corrected chi connectivity index (χ4v) is 3.94. The first-order chi connectivity index (χ1) is 13.6. The Morgan fingerprint density at radius 1 is 0.964 bits per heavy atom. The Hall–Kier alpha value is -2.56. The number of hydrogen-bond donors (Lipinski definition) is 1. The van der Waals surface area contributed by atoms with Crippen LogP contribution in [-0.4, -0.2) is 29.6 Å². The summed E-state index contributed by atoms with van der Waals surface area (Å²) in [5, 5.41) is 10.3. The highest BCUT2D eigenvalue weighted by Gasteiger charge is 2.30. The summed E-state index contributed by atoms with van der Waals surface area (Å²) < 4.78 is 14.6. The van der Waals surface area contributed by atoms with E-state index in [9.17, 15) is 9.50 Å². The van der Waals surface area contributed by atoms with E-state index in [1.807, 2.05) is 42.5 Å². The minimum absolute atomic E-state index is 0.00577.